The van der Waals surface area contributed by atoms with Crippen LogP contribution in [0.1, 0.15) is 31.9 Å². The van der Waals surface area contributed by atoms with Crippen molar-refractivity contribution in [1.82, 2.24) is 30.9 Å². The van der Waals surface area contributed by atoms with Crippen LogP contribution in [-0.4, -0.2) is 39.5 Å². The third kappa shape index (κ3) is 4.96. The molecule has 1 saturated carbocycles. The molecule has 1 fully saturated rings. The topological polar surface area (TPSA) is 101 Å². The summed E-state index contributed by atoms with van der Waals surface area (Å²) in [7, 11) is 0. The average molecular weight is 280 g/mol. The van der Waals surface area contributed by atoms with E-state index in [4.69, 9.17) is 0 Å². The lowest BCUT2D eigenvalue weighted by atomic mass is 10.4. The molecule has 8 nitrogen and oxygen atoms in total. The number of carbonyl (C=O) groups is 2. The van der Waals surface area contributed by atoms with Crippen molar-refractivity contribution >= 4 is 11.9 Å². The van der Waals surface area contributed by atoms with Gasteiger partial charge in [-0.2, -0.15) is 0 Å². The van der Waals surface area contributed by atoms with Crippen LogP contribution in [0.2, 0.25) is 0 Å². The Hall–Kier alpha value is -1.96. The first-order chi connectivity index (χ1) is 9.67. The summed E-state index contributed by atoms with van der Waals surface area (Å²) in [4.78, 5) is 23.0. The molecule has 0 unspecified atom stereocenters. The van der Waals surface area contributed by atoms with Crippen LogP contribution in [-0.2, 0) is 17.9 Å². The summed E-state index contributed by atoms with van der Waals surface area (Å²) in [5.74, 6) is -0.402. The summed E-state index contributed by atoms with van der Waals surface area (Å²) >= 11 is 0. The van der Waals surface area contributed by atoms with Gasteiger partial charge in [0.25, 0.3) is 0 Å². The molecule has 0 radical (unpaired) electrons. The maximum absolute atomic E-state index is 11.6. The van der Waals surface area contributed by atoms with Crippen molar-refractivity contribution in [3.63, 3.8) is 0 Å². The van der Waals surface area contributed by atoms with Gasteiger partial charge in [-0.3, -0.25) is 10.1 Å². The molecule has 1 aromatic rings. The van der Waals surface area contributed by atoms with E-state index in [1.165, 1.54) is 4.68 Å². The van der Waals surface area contributed by atoms with E-state index in [0.717, 1.165) is 31.5 Å². The van der Waals surface area contributed by atoms with E-state index >= 15 is 0 Å². The second-order valence-corrected chi connectivity index (χ2v) is 4.88. The zero-order valence-electron chi connectivity index (χ0n) is 11.6. The highest BCUT2D eigenvalue weighted by Crippen LogP contribution is 2.18. The van der Waals surface area contributed by atoms with Gasteiger partial charge in [-0.1, -0.05) is 12.1 Å². The molecule has 0 spiro atoms. The van der Waals surface area contributed by atoms with Gasteiger partial charge in [0.2, 0.25) is 5.91 Å². The second-order valence-electron chi connectivity index (χ2n) is 4.88. The van der Waals surface area contributed by atoms with Gasteiger partial charge >= 0.3 is 6.03 Å². The highest BCUT2D eigenvalue weighted by molar-refractivity contribution is 5.94. The molecule has 1 aliphatic rings. The predicted molar refractivity (Wildman–Crippen MR) is 71.7 cm³/mol. The minimum atomic E-state index is -0.442. The maximum atomic E-state index is 11.6. The zero-order chi connectivity index (χ0) is 14.4. The van der Waals surface area contributed by atoms with E-state index < -0.39 is 11.9 Å². The number of amides is 3. The van der Waals surface area contributed by atoms with E-state index in [9.17, 15) is 9.59 Å². The average Bonchev–Trinajstić information content (AvgIpc) is 3.08. The Morgan fingerprint density at radius 2 is 2.25 bits per heavy atom. The molecule has 1 aliphatic carbocycles. The highest BCUT2D eigenvalue weighted by atomic mass is 16.2. The first kappa shape index (κ1) is 14.4. The molecule has 0 aromatic carbocycles. The summed E-state index contributed by atoms with van der Waals surface area (Å²) < 4.78 is 1.42. The van der Waals surface area contributed by atoms with E-state index in [1.54, 1.807) is 6.20 Å². The number of imide groups is 1. The zero-order valence-corrected chi connectivity index (χ0v) is 11.6. The molecular formula is C12H20N6O2. The number of nitrogens with one attached hydrogen (secondary N) is 3. The molecule has 3 amide bonds. The standard InChI is InChI=1S/C12H20N6O2/c1-2-5-13-6-10-7-18(17-16-10)8-11(19)15-12(20)14-9-3-4-9/h7,9,13H,2-6,8H2,1H3,(H2,14,15,19,20). The Bertz CT molecular complexity index is 468. The smallest absolute Gasteiger partial charge is 0.321 e. The first-order valence-corrected chi connectivity index (χ1v) is 6.87. The van der Waals surface area contributed by atoms with Gasteiger partial charge in [0.15, 0.2) is 0 Å². The molecule has 1 heterocycles. The van der Waals surface area contributed by atoms with Gasteiger partial charge in [0.05, 0.1) is 11.9 Å². The van der Waals surface area contributed by atoms with E-state index in [1.807, 2.05) is 0 Å². The fraction of sp³-hybridized carbons (Fsp3) is 0.667. The minimum absolute atomic E-state index is 0.0150. The van der Waals surface area contributed by atoms with Crippen molar-refractivity contribution in [3.05, 3.63) is 11.9 Å². The molecule has 8 heteroatoms. The van der Waals surface area contributed by atoms with Crippen LogP contribution < -0.4 is 16.0 Å². The molecule has 0 saturated heterocycles. The quantitative estimate of drug-likeness (QED) is 0.599. The fourth-order valence-corrected chi connectivity index (χ4v) is 1.65. The van der Waals surface area contributed by atoms with Crippen LogP contribution in [0.4, 0.5) is 4.79 Å². The Balaban J connectivity index is 1.71. The van der Waals surface area contributed by atoms with Gasteiger partial charge in [-0.15, -0.1) is 5.10 Å². The van der Waals surface area contributed by atoms with Gasteiger partial charge in [-0.05, 0) is 25.8 Å². The third-order valence-corrected chi connectivity index (χ3v) is 2.79. The van der Waals surface area contributed by atoms with Crippen molar-refractivity contribution in [2.75, 3.05) is 6.54 Å². The Labute approximate surface area is 117 Å². The molecule has 2 rings (SSSR count). The van der Waals surface area contributed by atoms with Crippen molar-refractivity contribution in [3.8, 4) is 0 Å². The summed E-state index contributed by atoms with van der Waals surface area (Å²) in [6.07, 6.45) is 4.71. The number of urea groups is 1. The number of nitrogens with zero attached hydrogens (tertiary/aromatic N) is 3. The van der Waals surface area contributed by atoms with Crippen molar-refractivity contribution in [2.45, 2.75) is 45.3 Å². The lowest BCUT2D eigenvalue weighted by molar-refractivity contribution is -0.120. The Morgan fingerprint density at radius 3 is 2.95 bits per heavy atom. The number of rotatable bonds is 7. The van der Waals surface area contributed by atoms with Crippen molar-refractivity contribution < 1.29 is 9.59 Å². The van der Waals surface area contributed by atoms with E-state index in [0.29, 0.717) is 6.54 Å². The minimum Gasteiger partial charge on any atom is -0.335 e. The van der Waals surface area contributed by atoms with Gasteiger partial charge in [-0.25, -0.2) is 9.48 Å². The molecule has 110 valence electrons. The monoisotopic (exact) mass is 280 g/mol. The number of carbonyl (C=O) groups excluding carboxylic acids is 2. The molecule has 0 atom stereocenters. The van der Waals surface area contributed by atoms with Crippen LogP contribution in [0, 0.1) is 0 Å². The molecular weight excluding hydrogens is 260 g/mol. The predicted octanol–water partition coefficient (Wildman–Crippen LogP) is -0.234. The van der Waals surface area contributed by atoms with Crippen LogP contribution in [0.15, 0.2) is 6.20 Å². The van der Waals surface area contributed by atoms with Crippen molar-refractivity contribution in [2.24, 2.45) is 0 Å². The Kier molecular flexibility index (Phi) is 5.05. The largest absolute Gasteiger partial charge is 0.335 e. The summed E-state index contributed by atoms with van der Waals surface area (Å²) in [5, 5.41) is 15.9. The second kappa shape index (κ2) is 6.99. The number of aromatic nitrogens is 3. The number of hydrogen-bond acceptors (Lipinski definition) is 5. The highest BCUT2D eigenvalue weighted by Gasteiger charge is 2.23. The van der Waals surface area contributed by atoms with Crippen molar-refractivity contribution in [1.29, 1.82) is 0 Å². The van der Waals surface area contributed by atoms with Crippen LogP contribution in [0.5, 0.6) is 0 Å². The maximum Gasteiger partial charge on any atom is 0.321 e. The van der Waals surface area contributed by atoms with Gasteiger partial charge in [0, 0.05) is 12.6 Å². The van der Waals surface area contributed by atoms with Gasteiger partial charge in [0.1, 0.15) is 6.54 Å². The van der Waals surface area contributed by atoms with E-state index in [2.05, 4.69) is 33.2 Å². The summed E-state index contributed by atoms with van der Waals surface area (Å²) in [6, 6.07) is -0.215. The van der Waals surface area contributed by atoms with E-state index in [-0.39, 0.29) is 12.6 Å². The fourth-order valence-electron chi connectivity index (χ4n) is 1.65. The lowest BCUT2D eigenvalue weighted by Crippen LogP contribution is -2.41. The molecule has 3 N–H and O–H groups in total. The SMILES string of the molecule is CCCNCc1cn(CC(=O)NC(=O)NC2CC2)nn1. The molecule has 1 aromatic heterocycles. The van der Waals surface area contributed by atoms with Crippen LogP contribution >= 0.6 is 0 Å². The molecule has 0 bridgehead atoms. The Morgan fingerprint density at radius 1 is 1.45 bits per heavy atom. The van der Waals surface area contributed by atoms with Gasteiger partial charge < -0.3 is 10.6 Å². The first-order valence-electron chi connectivity index (χ1n) is 6.87. The third-order valence-electron chi connectivity index (χ3n) is 2.79. The normalized spacial score (nSPS) is 14.1. The summed E-state index contributed by atoms with van der Waals surface area (Å²) in [6.45, 7) is 3.60. The molecule has 0 aliphatic heterocycles. The summed E-state index contributed by atoms with van der Waals surface area (Å²) in [5.41, 5.74) is 0.772. The van der Waals surface area contributed by atoms with Crippen LogP contribution in [0.3, 0.4) is 0 Å². The lowest BCUT2D eigenvalue weighted by Gasteiger charge is -2.04. The van der Waals surface area contributed by atoms with Crippen LogP contribution in [0.25, 0.3) is 0 Å². The number of hydrogen-bond donors (Lipinski definition) is 3. The molecule has 20 heavy (non-hydrogen) atoms.